The first kappa shape index (κ1) is 18.5. The molecule has 11 nitrogen and oxygen atoms in total. The maximum Gasteiger partial charge on any atom is 0.470 e. The summed E-state index contributed by atoms with van der Waals surface area (Å²) in [6.07, 6.45) is -5.01. The van der Waals surface area contributed by atoms with Crippen molar-refractivity contribution in [1.82, 2.24) is 9.55 Å². The molecule has 2 aliphatic heterocycles. The SMILES string of the molecule is COC1C(OC(C)C)[C@@H]2O[C@H]1n1c(cc(=O)[nH]c1=O)[C@H]2OP(=O)(O)O. The van der Waals surface area contributed by atoms with Crippen molar-refractivity contribution in [2.75, 3.05) is 7.11 Å². The van der Waals surface area contributed by atoms with E-state index < -0.39 is 49.7 Å². The van der Waals surface area contributed by atoms with Gasteiger partial charge in [0.25, 0.3) is 5.56 Å². The summed E-state index contributed by atoms with van der Waals surface area (Å²) in [4.78, 5) is 44.5. The average molecular weight is 378 g/mol. The fourth-order valence-electron chi connectivity index (χ4n) is 3.27. The lowest BCUT2D eigenvalue weighted by atomic mass is 10.0. The number of fused-ring (bicyclic) bond motifs is 4. The van der Waals surface area contributed by atoms with E-state index in [1.807, 2.05) is 0 Å². The molecule has 0 aliphatic carbocycles. The number of nitrogens with zero attached hydrogens (tertiary/aromatic N) is 1. The van der Waals surface area contributed by atoms with Crippen LogP contribution in [-0.4, -0.2) is 50.9 Å². The van der Waals surface area contributed by atoms with Crippen LogP contribution in [0.4, 0.5) is 0 Å². The Morgan fingerprint density at radius 1 is 1.32 bits per heavy atom. The molecule has 0 radical (unpaired) electrons. The standard InChI is InChI=1S/C13H19N2O9P/c1-5(2)22-10-9-8(24-25(18,19)20)6-4-7(16)14-13(17)15(6)12(23-9)11(10)21-3/h4-5,8-12H,1-3H3,(H,14,16,17)(H2,18,19,20)/t8-,9-,10?,11?,12-/m1/s1. The van der Waals surface area contributed by atoms with Gasteiger partial charge in [-0.05, 0) is 13.8 Å². The molecule has 3 rings (SSSR count). The zero-order valence-electron chi connectivity index (χ0n) is 13.7. The molecule has 1 saturated heterocycles. The molecular weight excluding hydrogens is 359 g/mol. The van der Waals surface area contributed by atoms with Gasteiger partial charge in [0.15, 0.2) is 6.23 Å². The second-order valence-corrected chi connectivity index (χ2v) is 7.28. The van der Waals surface area contributed by atoms with Gasteiger partial charge in [0.05, 0.1) is 11.8 Å². The van der Waals surface area contributed by atoms with Crippen molar-refractivity contribution < 1.29 is 33.1 Å². The molecule has 0 saturated carbocycles. The van der Waals surface area contributed by atoms with Crippen LogP contribution in [0.3, 0.4) is 0 Å². The van der Waals surface area contributed by atoms with Gasteiger partial charge >= 0.3 is 13.5 Å². The molecule has 140 valence electrons. The van der Waals surface area contributed by atoms with Crippen molar-refractivity contribution in [1.29, 1.82) is 0 Å². The maximum atomic E-state index is 12.3. The lowest BCUT2D eigenvalue weighted by molar-refractivity contribution is -0.125. The van der Waals surface area contributed by atoms with Crippen molar-refractivity contribution in [2.45, 2.75) is 50.6 Å². The Balaban J connectivity index is 2.17. The summed E-state index contributed by atoms with van der Waals surface area (Å²) in [5.74, 6) is 0. The molecule has 0 amide bonds. The Morgan fingerprint density at radius 3 is 2.56 bits per heavy atom. The third-order valence-corrected chi connectivity index (χ3v) is 4.53. The molecule has 2 unspecified atom stereocenters. The van der Waals surface area contributed by atoms with Crippen molar-refractivity contribution in [3.05, 3.63) is 32.6 Å². The predicted molar refractivity (Wildman–Crippen MR) is 81.9 cm³/mol. The van der Waals surface area contributed by atoms with Crippen LogP contribution in [0, 0.1) is 0 Å². The molecule has 25 heavy (non-hydrogen) atoms. The number of methoxy groups -OCH3 is 1. The molecule has 2 bridgehead atoms. The van der Waals surface area contributed by atoms with Crippen LogP contribution in [0.25, 0.3) is 0 Å². The molecule has 0 spiro atoms. The van der Waals surface area contributed by atoms with Gasteiger partial charge in [0, 0.05) is 13.2 Å². The molecule has 5 atom stereocenters. The Kier molecular flexibility index (Phi) is 4.75. The topological polar surface area (TPSA) is 149 Å². The fraction of sp³-hybridized carbons (Fsp3) is 0.692. The van der Waals surface area contributed by atoms with Crippen LogP contribution < -0.4 is 11.2 Å². The van der Waals surface area contributed by atoms with Gasteiger partial charge in [-0.15, -0.1) is 0 Å². The summed E-state index contributed by atoms with van der Waals surface area (Å²) in [7, 11) is -3.54. The van der Waals surface area contributed by atoms with Crippen LogP contribution in [0.1, 0.15) is 31.9 Å². The Labute approximate surface area is 141 Å². The average Bonchev–Trinajstić information content (AvgIpc) is 2.76. The predicted octanol–water partition coefficient (Wildman–Crippen LogP) is -0.593. The lowest BCUT2D eigenvalue weighted by Gasteiger charge is -2.33. The zero-order chi connectivity index (χ0) is 18.5. The van der Waals surface area contributed by atoms with E-state index in [1.165, 1.54) is 7.11 Å². The highest BCUT2D eigenvalue weighted by molar-refractivity contribution is 7.46. The summed E-state index contributed by atoms with van der Waals surface area (Å²) in [5, 5.41) is 0. The van der Waals surface area contributed by atoms with Crippen LogP contribution in [0.15, 0.2) is 15.7 Å². The zero-order valence-corrected chi connectivity index (χ0v) is 14.6. The lowest BCUT2D eigenvalue weighted by Crippen LogP contribution is -2.42. The van der Waals surface area contributed by atoms with E-state index in [0.29, 0.717) is 0 Å². The van der Waals surface area contributed by atoms with Crippen molar-refractivity contribution in [2.24, 2.45) is 0 Å². The minimum Gasteiger partial charge on any atom is -0.374 e. The van der Waals surface area contributed by atoms with Crippen molar-refractivity contribution in [3.63, 3.8) is 0 Å². The highest BCUT2D eigenvalue weighted by Crippen LogP contribution is 2.51. The summed E-state index contributed by atoms with van der Waals surface area (Å²) < 4.78 is 34.3. The van der Waals surface area contributed by atoms with Gasteiger partial charge in [0.2, 0.25) is 0 Å². The van der Waals surface area contributed by atoms with Crippen LogP contribution in [-0.2, 0) is 23.3 Å². The second-order valence-electron chi connectivity index (χ2n) is 6.09. The number of hydrogen-bond donors (Lipinski definition) is 3. The fourth-order valence-corrected chi connectivity index (χ4v) is 3.79. The summed E-state index contributed by atoms with van der Waals surface area (Å²) in [5.41, 5.74) is -1.51. The molecule has 1 fully saturated rings. The number of phosphoric ester groups is 1. The molecule has 2 aliphatic rings. The van der Waals surface area contributed by atoms with Crippen LogP contribution >= 0.6 is 7.82 Å². The van der Waals surface area contributed by atoms with E-state index >= 15 is 0 Å². The van der Waals surface area contributed by atoms with Gasteiger partial charge in [0.1, 0.15) is 24.4 Å². The Morgan fingerprint density at radius 2 is 2.00 bits per heavy atom. The molecule has 1 aromatic rings. The molecule has 12 heteroatoms. The molecule has 1 aromatic heterocycles. The van der Waals surface area contributed by atoms with Crippen LogP contribution in [0.2, 0.25) is 0 Å². The third kappa shape index (κ3) is 3.36. The summed E-state index contributed by atoms with van der Waals surface area (Å²) >= 11 is 0. The Hall–Kier alpha value is -1.33. The Bertz CT molecular complexity index is 812. The summed E-state index contributed by atoms with van der Waals surface area (Å²) in [6.45, 7) is 3.55. The number of phosphoric acid groups is 1. The number of aromatic nitrogens is 2. The highest BCUT2D eigenvalue weighted by atomic mass is 31.2. The maximum absolute atomic E-state index is 12.3. The molecular formula is C13H19N2O9P. The second kappa shape index (κ2) is 6.44. The third-order valence-electron chi connectivity index (χ3n) is 4.03. The number of aromatic amines is 1. The monoisotopic (exact) mass is 378 g/mol. The first-order valence-corrected chi connectivity index (χ1v) is 9.09. The summed E-state index contributed by atoms with van der Waals surface area (Å²) in [6, 6.07) is 1.05. The van der Waals surface area contributed by atoms with Gasteiger partial charge in [-0.3, -0.25) is 18.9 Å². The van der Waals surface area contributed by atoms with E-state index in [1.54, 1.807) is 13.8 Å². The molecule has 3 heterocycles. The van der Waals surface area contributed by atoms with Crippen molar-refractivity contribution in [3.8, 4) is 0 Å². The van der Waals surface area contributed by atoms with E-state index in [9.17, 15) is 23.9 Å². The van der Waals surface area contributed by atoms with E-state index in [2.05, 4.69) is 4.98 Å². The highest BCUT2D eigenvalue weighted by Gasteiger charge is 2.57. The minimum atomic E-state index is -4.94. The van der Waals surface area contributed by atoms with Crippen molar-refractivity contribution >= 4 is 7.82 Å². The van der Waals surface area contributed by atoms with Gasteiger partial charge in [-0.25, -0.2) is 9.36 Å². The van der Waals surface area contributed by atoms with Crippen LogP contribution in [0.5, 0.6) is 0 Å². The smallest absolute Gasteiger partial charge is 0.374 e. The van der Waals surface area contributed by atoms with Gasteiger partial charge < -0.3 is 24.0 Å². The van der Waals surface area contributed by atoms with E-state index in [0.717, 1.165) is 10.6 Å². The normalized spacial score (nSPS) is 31.4. The van der Waals surface area contributed by atoms with E-state index in [-0.39, 0.29) is 11.8 Å². The number of H-pyrrole nitrogens is 1. The molecule has 0 aromatic carbocycles. The van der Waals surface area contributed by atoms with E-state index in [4.69, 9.17) is 18.7 Å². The number of nitrogens with one attached hydrogen (secondary N) is 1. The molecule has 3 N–H and O–H groups in total. The van der Waals surface area contributed by atoms with Gasteiger partial charge in [-0.2, -0.15) is 0 Å². The number of hydrogen-bond acceptors (Lipinski definition) is 7. The quantitative estimate of drug-likeness (QED) is 0.571. The first-order chi connectivity index (χ1) is 11.6. The van der Waals surface area contributed by atoms with Gasteiger partial charge in [-0.1, -0.05) is 0 Å². The first-order valence-electron chi connectivity index (χ1n) is 7.56. The number of ether oxygens (including phenoxy) is 3. The minimum absolute atomic E-state index is 0.00442. The number of rotatable bonds is 5. The largest absolute Gasteiger partial charge is 0.470 e.